The summed E-state index contributed by atoms with van der Waals surface area (Å²) in [4.78, 5) is 5.82. The van der Waals surface area contributed by atoms with Gasteiger partial charge in [-0.3, -0.25) is 0 Å². The molecule has 0 aliphatic rings. The van der Waals surface area contributed by atoms with Crippen LogP contribution >= 0.6 is 11.3 Å². The highest BCUT2D eigenvalue weighted by Gasteiger charge is 2.13. The van der Waals surface area contributed by atoms with E-state index in [0.29, 0.717) is 0 Å². The molecule has 0 radical (unpaired) electrons. The van der Waals surface area contributed by atoms with E-state index in [0.717, 1.165) is 10.7 Å². The molecule has 0 bridgehead atoms. The lowest BCUT2D eigenvalue weighted by Crippen LogP contribution is -2.03. The Labute approximate surface area is 107 Å². The molecular formula is C14H18N2S. The zero-order chi connectivity index (χ0) is 12.6. The van der Waals surface area contributed by atoms with Crippen LogP contribution in [0.25, 0.3) is 10.6 Å². The maximum atomic E-state index is 5.94. The molecule has 2 aromatic rings. The van der Waals surface area contributed by atoms with Crippen LogP contribution in [0.4, 0.5) is 0 Å². The topological polar surface area (TPSA) is 38.9 Å². The first kappa shape index (κ1) is 12.3. The molecule has 0 saturated heterocycles. The van der Waals surface area contributed by atoms with Crippen molar-refractivity contribution in [3.8, 4) is 10.6 Å². The Balaban J connectivity index is 2.53. The minimum atomic E-state index is 0.0614. The summed E-state index contributed by atoms with van der Waals surface area (Å²) in [6.07, 6.45) is 0. The summed E-state index contributed by atoms with van der Waals surface area (Å²) in [7, 11) is 0. The van der Waals surface area contributed by atoms with Crippen molar-refractivity contribution in [3.63, 3.8) is 0 Å². The first-order valence-electron chi connectivity index (χ1n) is 5.79. The zero-order valence-electron chi connectivity index (χ0n) is 10.7. The van der Waals surface area contributed by atoms with Gasteiger partial charge < -0.3 is 5.73 Å². The van der Waals surface area contributed by atoms with Gasteiger partial charge in [-0.25, -0.2) is 4.98 Å². The van der Waals surface area contributed by atoms with Gasteiger partial charge in [0.05, 0.1) is 5.69 Å². The highest BCUT2D eigenvalue weighted by molar-refractivity contribution is 7.15. The molecule has 2 N–H and O–H groups in total. The number of nitrogens with two attached hydrogens (primary N) is 1. The van der Waals surface area contributed by atoms with E-state index in [9.17, 15) is 0 Å². The molecule has 1 atom stereocenters. The van der Waals surface area contributed by atoms with Gasteiger partial charge in [0.2, 0.25) is 0 Å². The normalized spacial score (nSPS) is 12.8. The van der Waals surface area contributed by atoms with Gasteiger partial charge in [0.15, 0.2) is 0 Å². The predicted molar refractivity (Wildman–Crippen MR) is 74.4 cm³/mol. The van der Waals surface area contributed by atoms with Crippen LogP contribution in [0.1, 0.15) is 34.7 Å². The standard InChI is InChI=1S/C14H18N2S/c1-8-5-6-9(2)12(7-8)14-16-11(4)13(17-14)10(3)15/h5-7,10H,15H2,1-4H3. The zero-order valence-corrected chi connectivity index (χ0v) is 11.6. The highest BCUT2D eigenvalue weighted by atomic mass is 32.1. The van der Waals surface area contributed by atoms with E-state index in [1.807, 2.05) is 13.8 Å². The number of aryl methyl sites for hydroxylation is 3. The molecule has 1 heterocycles. The number of rotatable bonds is 2. The molecule has 0 aliphatic heterocycles. The first-order chi connectivity index (χ1) is 7.99. The van der Waals surface area contributed by atoms with Crippen molar-refractivity contribution in [2.75, 3.05) is 0 Å². The second kappa shape index (κ2) is 4.59. The van der Waals surface area contributed by atoms with Gasteiger partial charge in [-0.05, 0) is 39.3 Å². The number of thiazole rings is 1. The third-order valence-corrected chi connectivity index (χ3v) is 4.26. The minimum Gasteiger partial charge on any atom is -0.323 e. The quantitative estimate of drug-likeness (QED) is 0.876. The van der Waals surface area contributed by atoms with Crippen LogP contribution in [-0.2, 0) is 0 Å². The van der Waals surface area contributed by atoms with Gasteiger partial charge in [0, 0.05) is 16.5 Å². The lowest BCUT2D eigenvalue weighted by Gasteiger charge is -2.03. The van der Waals surface area contributed by atoms with Gasteiger partial charge in [0.1, 0.15) is 5.01 Å². The van der Waals surface area contributed by atoms with E-state index in [1.165, 1.54) is 21.6 Å². The summed E-state index contributed by atoms with van der Waals surface area (Å²) in [6, 6.07) is 6.53. The summed E-state index contributed by atoms with van der Waals surface area (Å²) >= 11 is 1.71. The van der Waals surface area contributed by atoms with E-state index in [2.05, 4.69) is 37.0 Å². The van der Waals surface area contributed by atoms with E-state index >= 15 is 0 Å². The molecule has 1 aromatic heterocycles. The average molecular weight is 246 g/mol. The number of hydrogen-bond acceptors (Lipinski definition) is 3. The number of aromatic nitrogens is 1. The fourth-order valence-electron chi connectivity index (χ4n) is 1.91. The summed E-state index contributed by atoms with van der Waals surface area (Å²) < 4.78 is 0. The Morgan fingerprint density at radius 1 is 1.24 bits per heavy atom. The smallest absolute Gasteiger partial charge is 0.124 e. The molecule has 90 valence electrons. The number of nitrogens with zero attached hydrogens (tertiary/aromatic N) is 1. The molecule has 0 amide bonds. The van der Waals surface area contributed by atoms with Crippen molar-refractivity contribution >= 4 is 11.3 Å². The molecule has 1 unspecified atom stereocenters. The Morgan fingerprint density at radius 3 is 2.53 bits per heavy atom. The second-order valence-corrected chi connectivity index (χ2v) is 5.61. The Bertz CT molecular complexity index is 541. The van der Waals surface area contributed by atoms with Gasteiger partial charge in [-0.15, -0.1) is 11.3 Å². The molecule has 0 fully saturated rings. The molecule has 0 aliphatic carbocycles. The summed E-state index contributed by atoms with van der Waals surface area (Å²) in [5, 5.41) is 1.08. The van der Waals surface area contributed by atoms with Crippen molar-refractivity contribution in [1.29, 1.82) is 0 Å². The van der Waals surface area contributed by atoms with Crippen molar-refractivity contribution in [1.82, 2.24) is 4.98 Å². The Kier molecular flexibility index (Phi) is 3.31. The van der Waals surface area contributed by atoms with Gasteiger partial charge >= 0.3 is 0 Å². The number of benzene rings is 1. The fourth-order valence-corrected chi connectivity index (χ4v) is 3.01. The van der Waals surface area contributed by atoms with Crippen LogP contribution in [0.15, 0.2) is 18.2 Å². The second-order valence-electron chi connectivity index (χ2n) is 4.58. The summed E-state index contributed by atoms with van der Waals surface area (Å²) in [5.74, 6) is 0. The molecule has 2 nitrogen and oxygen atoms in total. The van der Waals surface area contributed by atoms with Crippen LogP contribution in [0, 0.1) is 20.8 Å². The largest absolute Gasteiger partial charge is 0.323 e. The van der Waals surface area contributed by atoms with E-state index in [1.54, 1.807) is 11.3 Å². The van der Waals surface area contributed by atoms with Crippen LogP contribution in [-0.4, -0.2) is 4.98 Å². The van der Waals surface area contributed by atoms with Crippen molar-refractivity contribution in [2.24, 2.45) is 5.73 Å². The maximum absolute atomic E-state index is 5.94. The van der Waals surface area contributed by atoms with Gasteiger partial charge in [-0.2, -0.15) is 0 Å². The lowest BCUT2D eigenvalue weighted by atomic mass is 10.1. The SMILES string of the molecule is Cc1ccc(C)c(-c2nc(C)c(C(C)N)s2)c1. The van der Waals surface area contributed by atoms with Gasteiger partial charge in [-0.1, -0.05) is 17.7 Å². The molecule has 1 aromatic carbocycles. The van der Waals surface area contributed by atoms with E-state index in [-0.39, 0.29) is 6.04 Å². The fraction of sp³-hybridized carbons (Fsp3) is 0.357. The molecule has 17 heavy (non-hydrogen) atoms. The van der Waals surface area contributed by atoms with Crippen LogP contribution in [0.3, 0.4) is 0 Å². The third kappa shape index (κ3) is 2.40. The van der Waals surface area contributed by atoms with Crippen LogP contribution < -0.4 is 5.73 Å². The highest BCUT2D eigenvalue weighted by Crippen LogP contribution is 2.32. The lowest BCUT2D eigenvalue weighted by molar-refractivity contribution is 0.825. The van der Waals surface area contributed by atoms with E-state index < -0.39 is 0 Å². The van der Waals surface area contributed by atoms with Gasteiger partial charge in [0.25, 0.3) is 0 Å². The molecule has 0 saturated carbocycles. The average Bonchev–Trinajstić information content (AvgIpc) is 2.64. The monoisotopic (exact) mass is 246 g/mol. The minimum absolute atomic E-state index is 0.0614. The maximum Gasteiger partial charge on any atom is 0.124 e. The predicted octanol–water partition coefficient (Wildman–Crippen LogP) is 3.76. The van der Waals surface area contributed by atoms with Crippen LogP contribution in [0.5, 0.6) is 0 Å². The summed E-state index contributed by atoms with van der Waals surface area (Å²) in [6.45, 7) is 8.27. The van der Waals surface area contributed by atoms with E-state index in [4.69, 9.17) is 5.73 Å². The first-order valence-corrected chi connectivity index (χ1v) is 6.61. The molecule has 3 heteroatoms. The van der Waals surface area contributed by atoms with Crippen molar-refractivity contribution in [2.45, 2.75) is 33.7 Å². The van der Waals surface area contributed by atoms with Crippen LogP contribution in [0.2, 0.25) is 0 Å². The molecule has 2 rings (SSSR count). The van der Waals surface area contributed by atoms with Crippen molar-refractivity contribution < 1.29 is 0 Å². The molecular weight excluding hydrogens is 228 g/mol. The Morgan fingerprint density at radius 2 is 1.94 bits per heavy atom. The summed E-state index contributed by atoms with van der Waals surface area (Å²) in [5.41, 5.74) is 10.8. The van der Waals surface area contributed by atoms with Crippen molar-refractivity contribution in [3.05, 3.63) is 39.9 Å². The molecule has 0 spiro atoms. The Hall–Kier alpha value is -1.19. The number of hydrogen-bond donors (Lipinski definition) is 1. The third-order valence-electron chi connectivity index (χ3n) is 2.87.